The lowest BCUT2D eigenvalue weighted by molar-refractivity contribution is -0.139. The Morgan fingerprint density at radius 1 is 0.854 bits per heavy atom. The van der Waals surface area contributed by atoms with Crippen molar-refractivity contribution >= 4 is 27.5 Å². The van der Waals surface area contributed by atoms with Crippen LogP contribution in [0.2, 0.25) is 0 Å². The molecule has 8 nitrogen and oxygen atoms in total. The van der Waals surface area contributed by atoms with E-state index >= 15 is 0 Å². The second kappa shape index (κ2) is 15.2. The molecule has 41 heavy (non-hydrogen) atoms. The van der Waals surface area contributed by atoms with Gasteiger partial charge in [-0.3, -0.25) is 13.9 Å². The molecule has 3 aromatic carbocycles. The largest absolute Gasteiger partial charge is 0.494 e. The van der Waals surface area contributed by atoms with Gasteiger partial charge in [-0.1, -0.05) is 62.4 Å². The van der Waals surface area contributed by atoms with E-state index in [4.69, 9.17) is 4.74 Å². The quantitative estimate of drug-likeness (QED) is 0.272. The van der Waals surface area contributed by atoms with Gasteiger partial charge in [0.15, 0.2) is 0 Å². The van der Waals surface area contributed by atoms with Crippen molar-refractivity contribution in [1.82, 2.24) is 10.2 Å². The van der Waals surface area contributed by atoms with Gasteiger partial charge in [-0.25, -0.2) is 8.42 Å². The van der Waals surface area contributed by atoms with Crippen molar-refractivity contribution in [2.45, 2.75) is 63.9 Å². The molecule has 0 aromatic heterocycles. The summed E-state index contributed by atoms with van der Waals surface area (Å²) in [6, 6.07) is 23.5. The van der Waals surface area contributed by atoms with Gasteiger partial charge < -0.3 is 15.0 Å². The molecule has 0 unspecified atom stereocenters. The van der Waals surface area contributed by atoms with Crippen molar-refractivity contribution in [2.75, 3.05) is 24.0 Å². The van der Waals surface area contributed by atoms with Crippen molar-refractivity contribution in [3.63, 3.8) is 0 Å². The Labute approximate surface area is 244 Å². The maximum absolute atomic E-state index is 14.1. The highest BCUT2D eigenvalue weighted by molar-refractivity contribution is 7.92. The molecular formula is C32H41N3O5S. The van der Waals surface area contributed by atoms with Gasteiger partial charge in [-0.15, -0.1) is 0 Å². The molecule has 0 spiro atoms. The smallest absolute Gasteiger partial charge is 0.264 e. The fraction of sp³-hybridized carbons (Fsp3) is 0.375. The number of benzene rings is 3. The minimum absolute atomic E-state index is 0.0542. The van der Waals surface area contributed by atoms with Crippen molar-refractivity contribution in [2.24, 2.45) is 0 Å². The van der Waals surface area contributed by atoms with Crippen LogP contribution in [0.15, 0.2) is 89.8 Å². The van der Waals surface area contributed by atoms with Crippen LogP contribution in [-0.2, 0) is 26.0 Å². The molecular weight excluding hydrogens is 538 g/mol. The van der Waals surface area contributed by atoms with Crippen molar-refractivity contribution < 1.29 is 22.7 Å². The summed E-state index contributed by atoms with van der Waals surface area (Å²) in [5, 5.41) is 2.99. The maximum Gasteiger partial charge on any atom is 0.264 e. The summed E-state index contributed by atoms with van der Waals surface area (Å²) in [5.74, 6) is -0.112. The molecule has 0 bridgehead atoms. The van der Waals surface area contributed by atoms with E-state index in [0.29, 0.717) is 30.9 Å². The molecule has 220 valence electrons. The van der Waals surface area contributed by atoms with Gasteiger partial charge >= 0.3 is 0 Å². The molecule has 0 aliphatic heterocycles. The number of ether oxygens (including phenoxy) is 1. The van der Waals surface area contributed by atoms with Crippen LogP contribution in [0.4, 0.5) is 5.69 Å². The minimum Gasteiger partial charge on any atom is -0.494 e. The Morgan fingerprint density at radius 2 is 1.46 bits per heavy atom. The summed E-state index contributed by atoms with van der Waals surface area (Å²) < 4.78 is 34.4. The van der Waals surface area contributed by atoms with Crippen LogP contribution in [0.3, 0.4) is 0 Å². The van der Waals surface area contributed by atoms with Gasteiger partial charge in [-0.2, -0.15) is 0 Å². The Kier molecular flexibility index (Phi) is 11.8. The van der Waals surface area contributed by atoms with Gasteiger partial charge in [0.2, 0.25) is 11.8 Å². The number of carbonyl (C=O) groups excluding carboxylic acids is 2. The predicted molar refractivity (Wildman–Crippen MR) is 162 cm³/mol. The molecule has 2 atom stereocenters. The predicted octanol–water partition coefficient (Wildman–Crippen LogP) is 5.05. The van der Waals surface area contributed by atoms with E-state index in [1.165, 1.54) is 17.0 Å². The summed E-state index contributed by atoms with van der Waals surface area (Å²) in [7, 11) is -4.11. The zero-order valence-electron chi connectivity index (χ0n) is 24.3. The third-order valence-electron chi connectivity index (χ3n) is 6.92. The van der Waals surface area contributed by atoms with Gasteiger partial charge in [0.25, 0.3) is 10.0 Å². The van der Waals surface area contributed by atoms with Crippen molar-refractivity contribution in [3.05, 3.63) is 90.5 Å². The summed E-state index contributed by atoms with van der Waals surface area (Å²) in [6.45, 7) is 7.88. The highest BCUT2D eigenvalue weighted by Gasteiger charge is 2.33. The van der Waals surface area contributed by atoms with E-state index in [1.54, 1.807) is 42.5 Å². The monoisotopic (exact) mass is 579 g/mol. The van der Waals surface area contributed by atoms with Gasteiger partial charge in [0.1, 0.15) is 18.3 Å². The molecule has 0 fully saturated rings. The van der Waals surface area contributed by atoms with E-state index in [1.807, 2.05) is 58.0 Å². The van der Waals surface area contributed by atoms with Crippen LogP contribution >= 0.6 is 0 Å². The molecule has 2 amide bonds. The zero-order valence-corrected chi connectivity index (χ0v) is 25.1. The second-order valence-corrected chi connectivity index (χ2v) is 11.7. The lowest BCUT2D eigenvalue weighted by atomic mass is 10.1. The normalized spacial score (nSPS) is 12.7. The molecule has 0 heterocycles. The van der Waals surface area contributed by atoms with Gasteiger partial charge in [0, 0.05) is 12.6 Å². The number of amides is 2. The average molecular weight is 580 g/mol. The maximum atomic E-state index is 14.1. The summed E-state index contributed by atoms with van der Waals surface area (Å²) in [4.78, 5) is 29.0. The number of nitrogens with zero attached hydrogens (tertiary/aromatic N) is 2. The van der Waals surface area contributed by atoms with E-state index in [-0.39, 0.29) is 23.4 Å². The molecule has 0 aliphatic carbocycles. The Bertz CT molecular complexity index is 1350. The first-order valence-electron chi connectivity index (χ1n) is 14.2. The summed E-state index contributed by atoms with van der Waals surface area (Å²) >= 11 is 0. The van der Waals surface area contributed by atoms with E-state index < -0.39 is 28.5 Å². The molecule has 0 radical (unpaired) electrons. The standard InChI is InChI=1S/C32H41N3O5S/c1-5-25(4)33-32(37)30(6-2)34(23-22-26-14-10-8-11-15-26)31(36)24-35(27-18-20-28(21-19-27)40-7-3)41(38,39)29-16-12-9-13-17-29/h8-21,25,30H,5-7,22-24H2,1-4H3,(H,33,37)/t25-,30+/m1/s1. The number of sulfonamides is 1. The van der Waals surface area contributed by atoms with Gasteiger partial charge in [-0.05, 0) is 75.1 Å². The lowest BCUT2D eigenvalue weighted by Gasteiger charge is -2.33. The van der Waals surface area contributed by atoms with Crippen LogP contribution in [-0.4, -0.2) is 56.9 Å². The number of nitrogens with one attached hydrogen (secondary N) is 1. The van der Waals surface area contributed by atoms with Crippen LogP contribution in [0.1, 0.15) is 46.1 Å². The number of hydrogen-bond donors (Lipinski definition) is 1. The highest BCUT2D eigenvalue weighted by Crippen LogP contribution is 2.26. The fourth-order valence-electron chi connectivity index (χ4n) is 4.46. The Balaban J connectivity index is 2.00. The van der Waals surface area contributed by atoms with Gasteiger partial charge in [0.05, 0.1) is 17.2 Å². The summed E-state index contributed by atoms with van der Waals surface area (Å²) in [5.41, 5.74) is 1.34. The third-order valence-corrected chi connectivity index (χ3v) is 8.71. The molecule has 0 aliphatic rings. The number of carbonyl (C=O) groups is 2. The molecule has 0 saturated carbocycles. The number of rotatable bonds is 15. The second-order valence-electron chi connectivity index (χ2n) is 9.82. The Hall–Kier alpha value is -3.85. The SMILES string of the molecule is CCOc1ccc(N(CC(=O)N(CCc2ccccc2)[C@@H](CC)C(=O)N[C@H](C)CC)S(=O)(=O)c2ccccc2)cc1. The van der Waals surface area contributed by atoms with E-state index in [2.05, 4.69) is 5.32 Å². The highest BCUT2D eigenvalue weighted by atomic mass is 32.2. The Morgan fingerprint density at radius 3 is 2.02 bits per heavy atom. The fourth-order valence-corrected chi connectivity index (χ4v) is 5.90. The minimum atomic E-state index is -4.11. The molecule has 0 saturated heterocycles. The number of anilines is 1. The topological polar surface area (TPSA) is 96.0 Å². The molecule has 1 N–H and O–H groups in total. The van der Waals surface area contributed by atoms with Crippen LogP contribution < -0.4 is 14.4 Å². The van der Waals surface area contributed by atoms with E-state index in [9.17, 15) is 18.0 Å². The molecule has 3 aromatic rings. The van der Waals surface area contributed by atoms with Crippen LogP contribution in [0.25, 0.3) is 0 Å². The first-order valence-corrected chi connectivity index (χ1v) is 15.6. The van der Waals surface area contributed by atoms with Crippen LogP contribution in [0.5, 0.6) is 5.75 Å². The lowest BCUT2D eigenvalue weighted by Crippen LogP contribution is -2.54. The van der Waals surface area contributed by atoms with Crippen LogP contribution in [0, 0.1) is 0 Å². The first kappa shape index (κ1) is 31.7. The average Bonchev–Trinajstić information content (AvgIpc) is 2.99. The summed E-state index contributed by atoms with van der Waals surface area (Å²) in [6.07, 6.45) is 1.66. The zero-order chi connectivity index (χ0) is 29.8. The molecule has 3 rings (SSSR count). The van der Waals surface area contributed by atoms with E-state index in [0.717, 1.165) is 16.3 Å². The van der Waals surface area contributed by atoms with Crippen molar-refractivity contribution in [1.29, 1.82) is 0 Å². The first-order chi connectivity index (χ1) is 19.7. The van der Waals surface area contributed by atoms with Crippen molar-refractivity contribution in [3.8, 4) is 5.75 Å². The molecule has 9 heteroatoms. The number of hydrogen-bond acceptors (Lipinski definition) is 5. The third kappa shape index (κ3) is 8.57.